The summed E-state index contributed by atoms with van der Waals surface area (Å²) in [5, 5.41) is 11.8. The van der Waals surface area contributed by atoms with Crippen molar-refractivity contribution in [1.29, 1.82) is 0 Å². The zero-order valence-electron chi connectivity index (χ0n) is 11.8. The smallest absolute Gasteiger partial charge is 0.189 e. The van der Waals surface area contributed by atoms with Crippen molar-refractivity contribution < 1.29 is 9.90 Å². The quantitative estimate of drug-likeness (QED) is 0.543. The van der Waals surface area contributed by atoms with Gasteiger partial charge in [0.2, 0.25) is 0 Å². The third kappa shape index (κ3) is 3.00. The molecule has 3 heteroatoms. The lowest BCUT2D eigenvalue weighted by Gasteiger charge is -2.03. The van der Waals surface area contributed by atoms with Crippen LogP contribution in [0.15, 0.2) is 72.1 Å². The first-order valence-corrected chi connectivity index (χ1v) is 7.77. The van der Waals surface area contributed by atoms with Crippen molar-refractivity contribution in [3.63, 3.8) is 0 Å². The average molecular weight is 306 g/mol. The van der Waals surface area contributed by atoms with Gasteiger partial charge in [-0.3, -0.25) is 4.79 Å². The molecule has 1 N–H and O–H groups in total. The summed E-state index contributed by atoms with van der Waals surface area (Å²) in [6.07, 6.45) is 3.30. The topological polar surface area (TPSA) is 37.3 Å². The Morgan fingerprint density at radius 3 is 2.50 bits per heavy atom. The standard InChI is InChI=1S/C19H14O2S/c20-17-9-4-3-8-16(17)18(21)12-11-14-6-1-2-7-15(14)19-10-5-13-22-19/h1-13,20H/b12-11+. The van der Waals surface area contributed by atoms with Crippen LogP contribution in [0.3, 0.4) is 0 Å². The van der Waals surface area contributed by atoms with E-state index in [0.29, 0.717) is 5.56 Å². The Kier molecular flexibility index (Phi) is 4.17. The lowest BCUT2D eigenvalue weighted by Crippen LogP contribution is -1.94. The second-order valence-electron chi connectivity index (χ2n) is 4.78. The summed E-state index contributed by atoms with van der Waals surface area (Å²) in [6.45, 7) is 0. The van der Waals surface area contributed by atoms with E-state index in [4.69, 9.17) is 0 Å². The SMILES string of the molecule is O=C(/C=C/c1ccccc1-c1cccs1)c1ccccc1O. The molecular weight excluding hydrogens is 292 g/mol. The van der Waals surface area contributed by atoms with Crippen molar-refractivity contribution in [1.82, 2.24) is 0 Å². The van der Waals surface area contributed by atoms with Crippen LogP contribution in [0, 0.1) is 0 Å². The van der Waals surface area contributed by atoms with Crippen LogP contribution in [-0.2, 0) is 0 Å². The van der Waals surface area contributed by atoms with Gasteiger partial charge in [0.25, 0.3) is 0 Å². The first kappa shape index (κ1) is 14.3. The number of para-hydroxylation sites is 1. The molecule has 22 heavy (non-hydrogen) atoms. The fourth-order valence-corrected chi connectivity index (χ4v) is 3.01. The lowest BCUT2D eigenvalue weighted by molar-refractivity contribution is 0.104. The van der Waals surface area contributed by atoms with Gasteiger partial charge in [-0.05, 0) is 40.8 Å². The number of rotatable bonds is 4. The minimum atomic E-state index is -0.209. The highest BCUT2D eigenvalue weighted by atomic mass is 32.1. The zero-order valence-corrected chi connectivity index (χ0v) is 12.6. The summed E-state index contributed by atoms with van der Waals surface area (Å²) >= 11 is 1.66. The third-order valence-electron chi connectivity index (χ3n) is 3.33. The molecule has 0 fully saturated rings. The van der Waals surface area contributed by atoms with E-state index < -0.39 is 0 Å². The highest BCUT2D eigenvalue weighted by molar-refractivity contribution is 7.13. The first-order valence-electron chi connectivity index (χ1n) is 6.89. The fraction of sp³-hybridized carbons (Fsp3) is 0. The van der Waals surface area contributed by atoms with Crippen LogP contribution < -0.4 is 0 Å². The number of aromatic hydroxyl groups is 1. The maximum absolute atomic E-state index is 12.2. The van der Waals surface area contributed by atoms with E-state index in [1.165, 1.54) is 12.1 Å². The maximum atomic E-state index is 12.2. The second-order valence-corrected chi connectivity index (χ2v) is 5.73. The van der Waals surface area contributed by atoms with Gasteiger partial charge in [0, 0.05) is 4.88 Å². The van der Waals surface area contributed by atoms with Crippen molar-refractivity contribution >= 4 is 23.2 Å². The summed E-state index contributed by atoms with van der Waals surface area (Å²) < 4.78 is 0. The number of allylic oxidation sites excluding steroid dienone is 1. The number of carbonyl (C=O) groups is 1. The van der Waals surface area contributed by atoms with E-state index in [0.717, 1.165) is 16.0 Å². The molecule has 0 amide bonds. The van der Waals surface area contributed by atoms with Crippen molar-refractivity contribution in [2.75, 3.05) is 0 Å². The minimum Gasteiger partial charge on any atom is -0.507 e. The van der Waals surface area contributed by atoms with Crippen LogP contribution in [0.2, 0.25) is 0 Å². The van der Waals surface area contributed by atoms with Gasteiger partial charge >= 0.3 is 0 Å². The van der Waals surface area contributed by atoms with Gasteiger partial charge in [-0.15, -0.1) is 11.3 Å². The molecule has 0 saturated heterocycles. The van der Waals surface area contributed by atoms with E-state index in [2.05, 4.69) is 6.07 Å². The number of carbonyl (C=O) groups excluding carboxylic acids is 1. The Balaban J connectivity index is 1.91. The van der Waals surface area contributed by atoms with Crippen molar-refractivity contribution in [2.24, 2.45) is 0 Å². The van der Waals surface area contributed by atoms with E-state index >= 15 is 0 Å². The number of hydrogen-bond donors (Lipinski definition) is 1. The van der Waals surface area contributed by atoms with Crippen LogP contribution >= 0.6 is 11.3 Å². The van der Waals surface area contributed by atoms with Crippen LogP contribution in [-0.4, -0.2) is 10.9 Å². The Morgan fingerprint density at radius 1 is 0.955 bits per heavy atom. The van der Waals surface area contributed by atoms with Crippen LogP contribution in [0.4, 0.5) is 0 Å². The lowest BCUT2D eigenvalue weighted by atomic mass is 10.0. The van der Waals surface area contributed by atoms with Gasteiger partial charge in [0.05, 0.1) is 5.56 Å². The van der Waals surface area contributed by atoms with Crippen LogP contribution in [0.1, 0.15) is 15.9 Å². The molecule has 108 valence electrons. The van der Waals surface area contributed by atoms with Gasteiger partial charge in [0.15, 0.2) is 5.78 Å². The molecule has 0 atom stereocenters. The van der Waals surface area contributed by atoms with E-state index in [1.54, 1.807) is 35.6 Å². The normalized spacial score (nSPS) is 10.9. The highest BCUT2D eigenvalue weighted by Crippen LogP contribution is 2.29. The summed E-state index contributed by atoms with van der Waals surface area (Å²) in [5.41, 5.74) is 2.39. The molecule has 1 aromatic heterocycles. The predicted molar refractivity (Wildman–Crippen MR) is 91.2 cm³/mol. The number of phenols is 1. The molecular formula is C19H14O2S. The monoisotopic (exact) mass is 306 g/mol. The summed E-state index contributed by atoms with van der Waals surface area (Å²) in [5.74, 6) is -0.206. The van der Waals surface area contributed by atoms with Crippen molar-refractivity contribution in [2.45, 2.75) is 0 Å². The van der Waals surface area contributed by atoms with Gasteiger partial charge in [-0.1, -0.05) is 48.5 Å². The number of phenolic OH excluding ortho intramolecular Hbond substituents is 1. The van der Waals surface area contributed by atoms with Gasteiger partial charge in [-0.2, -0.15) is 0 Å². The van der Waals surface area contributed by atoms with Crippen LogP contribution in [0.5, 0.6) is 5.75 Å². The molecule has 0 aliphatic rings. The average Bonchev–Trinajstić information content (AvgIpc) is 3.07. The largest absolute Gasteiger partial charge is 0.507 e. The van der Waals surface area contributed by atoms with Crippen molar-refractivity contribution in [3.05, 3.63) is 83.2 Å². The van der Waals surface area contributed by atoms with Gasteiger partial charge in [0.1, 0.15) is 5.75 Å². The molecule has 0 spiro atoms. The molecule has 0 unspecified atom stereocenters. The van der Waals surface area contributed by atoms with E-state index in [9.17, 15) is 9.90 Å². The fourth-order valence-electron chi connectivity index (χ4n) is 2.24. The number of ketones is 1. The molecule has 1 heterocycles. The molecule has 3 aromatic rings. The molecule has 0 radical (unpaired) electrons. The number of benzene rings is 2. The predicted octanol–water partition coefficient (Wildman–Crippen LogP) is 5.02. The van der Waals surface area contributed by atoms with Gasteiger partial charge in [-0.25, -0.2) is 0 Å². The molecule has 2 aromatic carbocycles. The van der Waals surface area contributed by atoms with Crippen molar-refractivity contribution in [3.8, 4) is 16.2 Å². The summed E-state index contributed by atoms with van der Waals surface area (Å²) in [6, 6.07) is 18.6. The highest BCUT2D eigenvalue weighted by Gasteiger charge is 2.08. The Labute approximate surface area is 133 Å². The van der Waals surface area contributed by atoms with Gasteiger partial charge < -0.3 is 5.11 Å². The third-order valence-corrected chi connectivity index (χ3v) is 4.23. The molecule has 2 nitrogen and oxygen atoms in total. The van der Waals surface area contributed by atoms with E-state index in [1.807, 2.05) is 35.7 Å². The summed E-state index contributed by atoms with van der Waals surface area (Å²) in [7, 11) is 0. The second kappa shape index (κ2) is 6.41. The Hall–Kier alpha value is -2.65. The number of hydrogen-bond acceptors (Lipinski definition) is 3. The molecule has 0 saturated carbocycles. The van der Waals surface area contributed by atoms with Crippen LogP contribution in [0.25, 0.3) is 16.5 Å². The van der Waals surface area contributed by atoms with E-state index in [-0.39, 0.29) is 11.5 Å². The summed E-state index contributed by atoms with van der Waals surface area (Å²) in [4.78, 5) is 13.4. The Bertz CT molecular complexity index is 817. The molecule has 0 bridgehead atoms. The molecule has 3 rings (SSSR count). The Morgan fingerprint density at radius 2 is 1.73 bits per heavy atom. The molecule has 0 aliphatic heterocycles. The number of thiophene rings is 1. The molecule has 0 aliphatic carbocycles. The zero-order chi connectivity index (χ0) is 15.4. The maximum Gasteiger partial charge on any atom is 0.189 e. The first-order chi connectivity index (χ1) is 10.8. The minimum absolute atomic E-state index is 0.00342.